The summed E-state index contributed by atoms with van der Waals surface area (Å²) >= 11 is 3.09. The third-order valence-electron chi connectivity index (χ3n) is 11.3. The maximum absolute atomic E-state index is 13.2. The smallest absolute Gasteiger partial charge is 0.310 e. The van der Waals surface area contributed by atoms with Crippen molar-refractivity contribution in [2.24, 2.45) is 11.8 Å². The number of aryl methyl sites for hydroxylation is 2. The Hall–Kier alpha value is -6.12. The minimum Gasteiger partial charge on any atom is -0.496 e. The van der Waals surface area contributed by atoms with Gasteiger partial charge in [0.1, 0.15) is 45.7 Å². The second-order valence-corrected chi connectivity index (χ2v) is 17.9. The summed E-state index contributed by atoms with van der Waals surface area (Å²) in [7, 11) is 4.60. The van der Waals surface area contributed by atoms with Gasteiger partial charge in [0.2, 0.25) is 0 Å². The molecule has 0 amide bonds. The number of hydrogen-bond acceptors (Lipinski definition) is 13. The van der Waals surface area contributed by atoms with Gasteiger partial charge in [-0.25, -0.2) is 15.0 Å². The first-order valence-electron chi connectivity index (χ1n) is 20.9. The first-order chi connectivity index (χ1) is 30.3. The monoisotopic (exact) mass is 888 g/mol. The molecule has 0 aliphatic heterocycles. The maximum atomic E-state index is 13.2. The van der Waals surface area contributed by atoms with Crippen LogP contribution in [0, 0.1) is 25.7 Å². The highest BCUT2D eigenvalue weighted by molar-refractivity contribution is 7.13. The summed E-state index contributed by atoms with van der Waals surface area (Å²) in [6, 6.07) is 20.4. The van der Waals surface area contributed by atoms with E-state index in [2.05, 4.69) is 43.0 Å². The molecule has 63 heavy (non-hydrogen) atoms. The summed E-state index contributed by atoms with van der Waals surface area (Å²) < 4.78 is 28.1. The van der Waals surface area contributed by atoms with Crippen LogP contribution >= 0.6 is 22.7 Å². The van der Waals surface area contributed by atoms with Crippen LogP contribution in [0.4, 0.5) is 0 Å². The van der Waals surface area contributed by atoms with Crippen molar-refractivity contribution in [3.8, 4) is 38.7 Å². The number of nitrogens with one attached hydrogen (secondary N) is 1. The van der Waals surface area contributed by atoms with Crippen molar-refractivity contribution in [3.05, 3.63) is 116 Å². The number of aromatic amines is 1. The van der Waals surface area contributed by atoms with Gasteiger partial charge in [0.15, 0.2) is 5.43 Å². The van der Waals surface area contributed by atoms with E-state index in [4.69, 9.17) is 33.7 Å². The van der Waals surface area contributed by atoms with E-state index < -0.39 is 29.9 Å². The van der Waals surface area contributed by atoms with Gasteiger partial charge in [0.05, 0.1) is 61.3 Å². The number of H-pyrrole nitrogens is 1. The highest BCUT2D eigenvalue weighted by atomic mass is 32.1. The van der Waals surface area contributed by atoms with Crippen LogP contribution in [0.15, 0.2) is 82.3 Å². The van der Waals surface area contributed by atoms with Crippen LogP contribution in [-0.4, -0.2) is 59.3 Å². The van der Waals surface area contributed by atoms with E-state index in [9.17, 15) is 14.4 Å². The van der Waals surface area contributed by atoms with Gasteiger partial charge in [0, 0.05) is 44.8 Å². The quantitative estimate of drug-likeness (QED) is 0.117. The summed E-state index contributed by atoms with van der Waals surface area (Å²) in [5.41, 5.74) is 7.75. The predicted octanol–water partition coefficient (Wildman–Crippen LogP) is 10.6. The molecule has 4 heterocycles. The molecule has 0 spiro atoms. The molecule has 0 saturated heterocycles. The van der Waals surface area contributed by atoms with E-state index in [0.717, 1.165) is 71.7 Å². The Labute approximate surface area is 374 Å². The van der Waals surface area contributed by atoms with Crippen LogP contribution < -0.4 is 19.6 Å². The lowest BCUT2D eigenvalue weighted by molar-refractivity contribution is -0.158. The molecule has 1 N–H and O–H groups in total. The third-order valence-corrected chi connectivity index (χ3v) is 13.1. The summed E-state index contributed by atoms with van der Waals surface area (Å²) in [5.74, 6) is 0.578. The molecule has 0 unspecified atom stereocenters. The van der Waals surface area contributed by atoms with E-state index in [1.807, 2.05) is 73.8 Å². The molecule has 4 aromatic heterocycles. The number of aromatic nitrogens is 4. The Morgan fingerprint density at radius 2 is 1.33 bits per heavy atom. The lowest BCUT2D eigenvalue weighted by Crippen LogP contribution is -2.27. The molecule has 0 bridgehead atoms. The van der Waals surface area contributed by atoms with Crippen molar-refractivity contribution in [1.82, 2.24) is 19.9 Å². The van der Waals surface area contributed by atoms with Gasteiger partial charge in [-0.15, -0.1) is 22.7 Å². The minimum absolute atomic E-state index is 0.00389. The Morgan fingerprint density at radius 1 is 0.730 bits per heavy atom. The lowest BCUT2D eigenvalue weighted by atomic mass is 9.96. The topological polar surface area (TPSA) is 152 Å². The van der Waals surface area contributed by atoms with Gasteiger partial charge in [-0.3, -0.25) is 14.4 Å². The fourth-order valence-electron chi connectivity index (χ4n) is 7.70. The highest BCUT2D eigenvalue weighted by Gasteiger charge is 2.45. The number of fused-ring (bicyclic) bond motifs is 2. The number of pyridine rings is 2. The van der Waals surface area contributed by atoms with Crippen LogP contribution in [0.3, 0.4) is 0 Å². The average Bonchev–Trinajstić information content (AvgIpc) is 4.08. The minimum atomic E-state index is -0.668. The number of rotatable bonds is 12. The Balaban J connectivity index is 0.000000227. The lowest BCUT2D eigenvalue weighted by Gasteiger charge is -2.18. The van der Waals surface area contributed by atoms with Crippen LogP contribution in [0.5, 0.6) is 17.2 Å². The number of carbonyl (C=O) groups excluding carboxylic acids is 2. The van der Waals surface area contributed by atoms with Gasteiger partial charge in [-0.1, -0.05) is 58.0 Å². The van der Waals surface area contributed by atoms with Crippen molar-refractivity contribution in [3.63, 3.8) is 0 Å². The molecular formula is C49H52N4O8S2. The molecule has 8 rings (SSSR count). The number of carbonyl (C=O) groups is 2. The van der Waals surface area contributed by atoms with Crippen molar-refractivity contribution < 1.29 is 33.3 Å². The predicted molar refractivity (Wildman–Crippen MR) is 248 cm³/mol. The first kappa shape index (κ1) is 44.9. The van der Waals surface area contributed by atoms with Crippen LogP contribution in [-0.2, 0) is 25.7 Å². The second kappa shape index (κ2) is 19.5. The first-order valence-corrected chi connectivity index (χ1v) is 22.6. The zero-order valence-electron chi connectivity index (χ0n) is 36.9. The number of nitrogens with zero attached hydrogens (tertiary/aromatic N) is 3. The fraction of sp³-hybridized carbons (Fsp3) is 0.347. The second-order valence-electron chi connectivity index (χ2n) is 16.2. The molecule has 1 saturated carbocycles. The summed E-state index contributed by atoms with van der Waals surface area (Å²) in [4.78, 5) is 56.0. The van der Waals surface area contributed by atoms with Crippen molar-refractivity contribution in [1.29, 1.82) is 0 Å². The van der Waals surface area contributed by atoms with E-state index >= 15 is 0 Å². The molecule has 1 fully saturated rings. The molecule has 1 aliphatic rings. The van der Waals surface area contributed by atoms with E-state index in [0.29, 0.717) is 41.5 Å². The molecule has 7 aromatic rings. The largest absolute Gasteiger partial charge is 0.496 e. The van der Waals surface area contributed by atoms with E-state index in [1.165, 1.54) is 18.4 Å². The number of benzene rings is 3. The standard InChI is InChI=1S/C32H34N2O6S.C17H18N2O2S/c1-18(2)26-17-41-30(34-26)25-15-28(22-11-12-27(37-4)19(3)29(22)33-25)40-21-13-23(31(35)38-5)24(14-21)32(36)39-16-20-9-7-6-8-10-20;1-9(2)13-8-22-17(19-13)12-7-14(20)11-5-6-15(21-4)10(3)16(11)18-12/h6-12,15,17-18,21,23-24H,13-14,16H2,1-5H3;5-9H,1-4H3,(H,18,20)/t21-,23-,24-;/m1./s1. The highest BCUT2D eigenvalue weighted by Crippen LogP contribution is 2.41. The van der Waals surface area contributed by atoms with Gasteiger partial charge in [0.25, 0.3) is 0 Å². The number of thiazole rings is 2. The Kier molecular flexibility index (Phi) is 13.9. The molecular weight excluding hydrogens is 837 g/mol. The molecule has 3 aromatic carbocycles. The zero-order chi connectivity index (χ0) is 44.9. The SMILES string of the molecule is COC(=O)[C@@H]1C[C@@H](Oc2cc(-c3nc(C(C)C)cs3)nc3c(C)c(OC)ccc23)C[C@H]1C(=O)OCc1ccccc1.COc1ccc2c(=O)cc(-c3nc(C(C)C)cs3)[nH]c2c1C. The van der Waals surface area contributed by atoms with E-state index in [1.54, 1.807) is 37.7 Å². The Morgan fingerprint density at radius 3 is 1.95 bits per heavy atom. The third kappa shape index (κ3) is 9.77. The van der Waals surface area contributed by atoms with Gasteiger partial charge >= 0.3 is 11.9 Å². The maximum Gasteiger partial charge on any atom is 0.310 e. The molecule has 0 radical (unpaired) electrons. The van der Waals surface area contributed by atoms with Crippen LogP contribution in [0.25, 0.3) is 43.2 Å². The fourth-order valence-corrected chi connectivity index (χ4v) is 9.59. The van der Waals surface area contributed by atoms with Gasteiger partial charge in [-0.2, -0.15) is 0 Å². The van der Waals surface area contributed by atoms with Crippen LogP contribution in [0.1, 0.15) is 80.5 Å². The summed E-state index contributed by atoms with van der Waals surface area (Å²) in [6.07, 6.45) is 0.258. The van der Waals surface area contributed by atoms with Gasteiger partial charge < -0.3 is 28.7 Å². The molecule has 12 nitrogen and oxygen atoms in total. The van der Waals surface area contributed by atoms with E-state index in [-0.39, 0.29) is 12.0 Å². The average molecular weight is 889 g/mol. The molecule has 328 valence electrons. The van der Waals surface area contributed by atoms with Gasteiger partial charge in [-0.05, 0) is 68.4 Å². The number of methoxy groups -OCH3 is 3. The summed E-state index contributed by atoms with van der Waals surface area (Å²) in [5, 5.41) is 7.21. The summed E-state index contributed by atoms with van der Waals surface area (Å²) in [6.45, 7) is 12.5. The Bertz CT molecular complexity index is 2810. The van der Waals surface area contributed by atoms with Crippen LogP contribution in [0.2, 0.25) is 0 Å². The number of ether oxygens (including phenoxy) is 5. The number of hydrogen-bond donors (Lipinski definition) is 1. The van der Waals surface area contributed by atoms with Crippen molar-refractivity contribution >= 4 is 56.4 Å². The van der Waals surface area contributed by atoms with Crippen molar-refractivity contribution in [2.45, 2.75) is 78.9 Å². The molecule has 14 heteroatoms. The molecule has 3 atom stereocenters. The molecule has 1 aliphatic carbocycles. The van der Waals surface area contributed by atoms with Crippen molar-refractivity contribution in [2.75, 3.05) is 21.3 Å². The number of esters is 2. The zero-order valence-corrected chi connectivity index (χ0v) is 38.6. The normalized spacial score (nSPS) is 16.0.